The molecule has 0 bridgehead atoms. The van der Waals surface area contributed by atoms with E-state index in [2.05, 4.69) is 9.97 Å². The van der Waals surface area contributed by atoms with E-state index in [4.69, 9.17) is 22.9 Å². The molecule has 0 atom stereocenters. The van der Waals surface area contributed by atoms with E-state index in [9.17, 15) is 19.2 Å². The molecular formula is C12H18N8O4S2. The van der Waals surface area contributed by atoms with Crippen LogP contribution in [0.25, 0.3) is 0 Å². The monoisotopic (exact) mass is 402 g/mol. The van der Waals surface area contributed by atoms with Gasteiger partial charge in [0.15, 0.2) is 0 Å². The lowest BCUT2D eigenvalue weighted by atomic mass is 10.4. The van der Waals surface area contributed by atoms with Crippen molar-refractivity contribution in [2.75, 3.05) is 34.4 Å². The maximum atomic E-state index is 11.7. The molecule has 0 amide bonds. The number of nitrogens with one attached hydrogen (secondary N) is 2. The Balaban J connectivity index is 1.88. The van der Waals surface area contributed by atoms with E-state index >= 15 is 0 Å². The predicted molar refractivity (Wildman–Crippen MR) is 105 cm³/mol. The summed E-state index contributed by atoms with van der Waals surface area (Å²) >= 11 is 0. The number of anilines is 4. The Hall–Kier alpha value is -2.74. The van der Waals surface area contributed by atoms with Gasteiger partial charge in [-0.15, -0.1) is 0 Å². The SMILES string of the molecule is Nc1c(N)n(CCSSCCn2c(N)c(N)c(=O)[nH]c2=O)c(=O)[nH]c1=O. The van der Waals surface area contributed by atoms with Crippen LogP contribution in [0.2, 0.25) is 0 Å². The molecule has 2 aromatic heterocycles. The summed E-state index contributed by atoms with van der Waals surface area (Å²) in [7, 11) is 2.85. The van der Waals surface area contributed by atoms with Crippen molar-refractivity contribution in [1.82, 2.24) is 19.1 Å². The van der Waals surface area contributed by atoms with E-state index in [0.717, 1.165) is 0 Å². The number of H-pyrrole nitrogens is 2. The van der Waals surface area contributed by atoms with Crippen molar-refractivity contribution >= 4 is 44.6 Å². The van der Waals surface area contributed by atoms with Crippen molar-refractivity contribution in [3.8, 4) is 0 Å². The number of aromatic nitrogens is 4. The third kappa shape index (κ3) is 4.08. The molecule has 0 aliphatic heterocycles. The predicted octanol–water partition coefficient (Wildman–Crippen LogP) is -2.20. The molecule has 12 nitrogen and oxygen atoms in total. The van der Waals surface area contributed by atoms with Crippen molar-refractivity contribution in [3.05, 3.63) is 41.7 Å². The summed E-state index contributed by atoms with van der Waals surface area (Å²) in [6, 6.07) is 0. The first kappa shape index (κ1) is 19.6. The molecule has 0 aliphatic rings. The normalized spacial score (nSPS) is 10.9. The van der Waals surface area contributed by atoms with Crippen LogP contribution in [0, 0.1) is 0 Å². The maximum Gasteiger partial charge on any atom is 0.330 e. The van der Waals surface area contributed by atoms with Crippen LogP contribution in [0.1, 0.15) is 0 Å². The standard InChI is InChI=1S/C12H18N8O4S2/c13-5-7(15)19(11(23)17-9(5)21)1-3-25-26-4-2-20-8(16)6(14)10(22)18-12(20)24/h1-4,13-16H2,(H,17,21,23)(H,18,22,24). The Morgan fingerprint density at radius 1 is 0.692 bits per heavy atom. The highest BCUT2D eigenvalue weighted by Crippen LogP contribution is 2.22. The second-order valence-electron chi connectivity index (χ2n) is 5.06. The van der Waals surface area contributed by atoms with E-state index in [-0.39, 0.29) is 36.1 Å². The smallest absolute Gasteiger partial charge is 0.330 e. The van der Waals surface area contributed by atoms with Crippen molar-refractivity contribution in [2.24, 2.45) is 0 Å². The Labute approximate surface area is 153 Å². The number of rotatable bonds is 7. The molecule has 0 fully saturated rings. The van der Waals surface area contributed by atoms with E-state index in [1.807, 2.05) is 0 Å². The van der Waals surface area contributed by atoms with E-state index in [1.54, 1.807) is 0 Å². The van der Waals surface area contributed by atoms with E-state index in [0.29, 0.717) is 11.5 Å². The lowest BCUT2D eigenvalue weighted by molar-refractivity contribution is 0.714. The van der Waals surface area contributed by atoms with Gasteiger partial charge in [-0.25, -0.2) is 9.59 Å². The van der Waals surface area contributed by atoms with Gasteiger partial charge in [0.05, 0.1) is 0 Å². The third-order valence-corrected chi connectivity index (χ3v) is 5.80. The molecule has 2 heterocycles. The summed E-state index contributed by atoms with van der Waals surface area (Å²) in [5.74, 6) is 0.844. The average molecular weight is 402 g/mol. The van der Waals surface area contributed by atoms with Gasteiger partial charge in [0.1, 0.15) is 23.0 Å². The Kier molecular flexibility index (Phi) is 6.10. The molecule has 26 heavy (non-hydrogen) atoms. The van der Waals surface area contributed by atoms with Crippen molar-refractivity contribution in [2.45, 2.75) is 13.1 Å². The van der Waals surface area contributed by atoms with Gasteiger partial charge < -0.3 is 22.9 Å². The second-order valence-corrected chi connectivity index (χ2v) is 7.77. The summed E-state index contributed by atoms with van der Waals surface area (Å²) in [5, 5.41) is 0. The summed E-state index contributed by atoms with van der Waals surface area (Å²) in [4.78, 5) is 50.2. The van der Waals surface area contributed by atoms with Crippen LogP contribution >= 0.6 is 21.6 Å². The van der Waals surface area contributed by atoms with Crippen LogP contribution in [0.5, 0.6) is 0 Å². The maximum absolute atomic E-state index is 11.7. The molecule has 0 unspecified atom stereocenters. The van der Waals surface area contributed by atoms with Crippen molar-refractivity contribution in [1.29, 1.82) is 0 Å². The first-order valence-electron chi connectivity index (χ1n) is 7.24. The van der Waals surface area contributed by atoms with Gasteiger partial charge in [0.25, 0.3) is 11.1 Å². The molecule has 14 heteroatoms. The zero-order valence-electron chi connectivity index (χ0n) is 13.5. The quantitative estimate of drug-likeness (QED) is 0.217. The van der Waals surface area contributed by atoms with Crippen LogP contribution < -0.4 is 45.4 Å². The molecule has 2 aromatic rings. The van der Waals surface area contributed by atoms with Gasteiger partial charge in [-0.3, -0.25) is 28.7 Å². The van der Waals surface area contributed by atoms with Gasteiger partial charge >= 0.3 is 11.4 Å². The van der Waals surface area contributed by atoms with Gasteiger partial charge in [-0.05, 0) is 0 Å². The average Bonchev–Trinajstić information content (AvgIpc) is 2.59. The van der Waals surface area contributed by atoms with Crippen molar-refractivity contribution in [3.63, 3.8) is 0 Å². The number of hydrogen-bond acceptors (Lipinski definition) is 10. The highest BCUT2D eigenvalue weighted by molar-refractivity contribution is 8.76. The minimum Gasteiger partial charge on any atom is -0.391 e. The summed E-state index contributed by atoms with van der Waals surface area (Å²) in [5.41, 5.74) is 19.2. The fourth-order valence-electron chi connectivity index (χ4n) is 2.03. The number of hydrogen-bond donors (Lipinski definition) is 6. The largest absolute Gasteiger partial charge is 0.391 e. The zero-order chi connectivity index (χ0) is 19.4. The van der Waals surface area contributed by atoms with Crippen LogP contribution in [-0.4, -0.2) is 30.6 Å². The Morgan fingerprint density at radius 3 is 1.38 bits per heavy atom. The minimum atomic E-state index is -0.714. The number of nitrogens with two attached hydrogens (primary N) is 4. The van der Waals surface area contributed by atoms with E-state index < -0.39 is 22.5 Å². The first-order valence-corrected chi connectivity index (χ1v) is 9.73. The lowest BCUT2D eigenvalue weighted by Gasteiger charge is -2.11. The van der Waals surface area contributed by atoms with Crippen LogP contribution in [0.4, 0.5) is 23.0 Å². The Bertz CT molecular complexity index is 954. The van der Waals surface area contributed by atoms with Gasteiger partial charge in [0.2, 0.25) is 0 Å². The fourth-order valence-corrected chi connectivity index (χ4v) is 3.93. The summed E-state index contributed by atoms with van der Waals surface area (Å²) < 4.78 is 2.35. The van der Waals surface area contributed by atoms with Crippen LogP contribution in [0.3, 0.4) is 0 Å². The van der Waals surface area contributed by atoms with Crippen molar-refractivity contribution < 1.29 is 0 Å². The number of aromatic amines is 2. The molecular weight excluding hydrogens is 384 g/mol. The Morgan fingerprint density at radius 2 is 1.04 bits per heavy atom. The minimum absolute atomic E-state index is 0.0765. The molecule has 0 radical (unpaired) electrons. The van der Waals surface area contributed by atoms with E-state index in [1.165, 1.54) is 30.7 Å². The topological polar surface area (TPSA) is 214 Å². The van der Waals surface area contributed by atoms with Gasteiger partial charge in [-0.2, -0.15) is 0 Å². The first-order chi connectivity index (χ1) is 12.2. The zero-order valence-corrected chi connectivity index (χ0v) is 15.1. The lowest BCUT2D eigenvalue weighted by Crippen LogP contribution is -2.34. The van der Waals surface area contributed by atoms with Crippen LogP contribution in [-0.2, 0) is 13.1 Å². The summed E-state index contributed by atoms with van der Waals surface area (Å²) in [6.45, 7) is 0.494. The molecule has 0 aliphatic carbocycles. The second kappa shape index (κ2) is 8.09. The molecule has 0 saturated heterocycles. The third-order valence-electron chi connectivity index (χ3n) is 3.43. The summed E-state index contributed by atoms with van der Waals surface area (Å²) in [6.07, 6.45) is 0. The number of nitrogen functional groups attached to an aromatic ring is 4. The fraction of sp³-hybridized carbons (Fsp3) is 0.333. The molecule has 10 N–H and O–H groups in total. The molecule has 142 valence electrons. The molecule has 0 aromatic carbocycles. The highest BCUT2D eigenvalue weighted by atomic mass is 33.1. The molecule has 0 spiro atoms. The number of nitrogens with zero attached hydrogens (tertiary/aromatic N) is 2. The molecule has 0 saturated carbocycles. The molecule has 2 rings (SSSR count). The van der Waals surface area contributed by atoms with Gasteiger partial charge in [0, 0.05) is 24.6 Å². The van der Waals surface area contributed by atoms with Crippen LogP contribution in [0.15, 0.2) is 19.2 Å². The highest BCUT2D eigenvalue weighted by Gasteiger charge is 2.10. The van der Waals surface area contributed by atoms with Gasteiger partial charge in [-0.1, -0.05) is 21.6 Å².